The summed E-state index contributed by atoms with van der Waals surface area (Å²) in [6.45, 7) is 2.03. The van der Waals surface area contributed by atoms with Crippen LogP contribution in [-0.2, 0) is 6.42 Å². The zero-order valence-electron chi connectivity index (χ0n) is 9.15. The number of alkyl halides is 1. The van der Waals surface area contributed by atoms with Crippen molar-refractivity contribution < 1.29 is 0 Å². The zero-order chi connectivity index (χ0) is 11.4. The number of aryl methyl sites for hydroxylation is 2. The molecule has 0 aliphatic heterocycles. The molecule has 3 heteroatoms. The lowest BCUT2D eigenvalue weighted by Crippen LogP contribution is -1.98. The first-order valence-corrected chi connectivity index (χ1v) is 6.37. The molecular weight excluding hydrogens is 264 g/mol. The van der Waals surface area contributed by atoms with Gasteiger partial charge in [-0.05, 0) is 18.9 Å². The maximum atomic E-state index is 4.53. The van der Waals surface area contributed by atoms with Gasteiger partial charge in [-0.2, -0.15) is 0 Å². The molecule has 0 unspecified atom stereocenters. The van der Waals surface area contributed by atoms with Crippen LogP contribution in [0.1, 0.15) is 11.3 Å². The molecule has 1 aromatic carbocycles. The highest BCUT2D eigenvalue weighted by molar-refractivity contribution is 9.09. The third-order valence-corrected chi connectivity index (χ3v) is 2.87. The van der Waals surface area contributed by atoms with Crippen LogP contribution in [0.5, 0.6) is 0 Å². The van der Waals surface area contributed by atoms with E-state index in [0.717, 1.165) is 28.8 Å². The molecule has 2 aromatic rings. The SMILES string of the molecule is Cc1nc(-c2ccccc2)ncc1CCBr. The summed E-state index contributed by atoms with van der Waals surface area (Å²) in [5.74, 6) is 0.802. The van der Waals surface area contributed by atoms with E-state index in [1.807, 2.05) is 43.5 Å². The van der Waals surface area contributed by atoms with Gasteiger partial charge < -0.3 is 0 Å². The van der Waals surface area contributed by atoms with Crippen LogP contribution in [0.15, 0.2) is 36.5 Å². The minimum absolute atomic E-state index is 0.802. The van der Waals surface area contributed by atoms with Gasteiger partial charge >= 0.3 is 0 Å². The minimum atomic E-state index is 0.802. The summed E-state index contributed by atoms with van der Waals surface area (Å²) >= 11 is 3.43. The van der Waals surface area contributed by atoms with Crippen LogP contribution in [-0.4, -0.2) is 15.3 Å². The van der Waals surface area contributed by atoms with Crippen molar-refractivity contribution in [3.05, 3.63) is 47.8 Å². The van der Waals surface area contributed by atoms with E-state index in [0.29, 0.717) is 0 Å². The van der Waals surface area contributed by atoms with Crippen molar-refractivity contribution in [3.63, 3.8) is 0 Å². The topological polar surface area (TPSA) is 25.8 Å². The third-order valence-electron chi connectivity index (χ3n) is 2.48. The monoisotopic (exact) mass is 276 g/mol. The fourth-order valence-corrected chi connectivity index (χ4v) is 1.99. The van der Waals surface area contributed by atoms with Crippen molar-refractivity contribution in [2.24, 2.45) is 0 Å². The van der Waals surface area contributed by atoms with E-state index in [9.17, 15) is 0 Å². The zero-order valence-corrected chi connectivity index (χ0v) is 10.7. The summed E-state index contributed by atoms with van der Waals surface area (Å²) in [7, 11) is 0. The van der Waals surface area contributed by atoms with Gasteiger partial charge in [0.2, 0.25) is 0 Å². The summed E-state index contributed by atoms with van der Waals surface area (Å²) in [6, 6.07) is 10.0. The molecule has 0 spiro atoms. The Bertz CT molecular complexity index is 469. The summed E-state index contributed by atoms with van der Waals surface area (Å²) in [4.78, 5) is 8.93. The van der Waals surface area contributed by atoms with Gasteiger partial charge in [-0.15, -0.1) is 0 Å². The first-order chi connectivity index (χ1) is 7.81. The average Bonchev–Trinajstić information content (AvgIpc) is 2.33. The third kappa shape index (κ3) is 2.47. The van der Waals surface area contributed by atoms with E-state index in [1.54, 1.807) is 0 Å². The van der Waals surface area contributed by atoms with Gasteiger partial charge in [-0.1, -0.05) is 46.3 Å². The number of rotatable bonds is 3. The Kier molecular flexibility index (Phi) is 3.67. The Morgan fingerprint density at radius 2 is 1.94 bits per heavy atom. The summed E-state index contributed by atoms with van der Waals surface area (Å²) < 4.78 is 0. The Morgan fingerprint density at radius 1 is 1.19 bits per heavy atom. The fourth-order valence-electron chi connectivity index (χ4n) is 1.57. The molecule has 0 aliphatic carbocycles. The molecule has 0 saturated carbocycles. The molecule has 2 nitrogen and oxygen atoms in total. The smallest absolute Gasteiger partial charge is 0.159 e. The maximum Gasteiger partial charge on any atom is 0.159 e. The quantitative estimate of drug-likeness (QED) is 0.804. The second-order valence-corrected chi connectivity index (χ2v) is 4.40. The Labute approximate surface area is 104 Å². The number of aromatic nitrogens is 2. The molecule has 0 bridgehead atoms. The highest BCUT2D eigenvalue weighted by Gasteiger charge is 2.04. The van der Waals surface area contributed by atoms with Gasteiger partial charge in [0.05, 0.1) is 0 Å². The predicted molar refractivity (Wildman–Crippen MR) is 69.7 cm³/mol. The molecule has 0 radical (unpaired) electrons. The molecular formula is C13H13BrN2. The van der Waals surface area contributed by atoms with Gasteiger partial charge in [0.1, 0.15) is 0 Å². The highest BCUT2D eigenvalue weighted by atomic mass is 79.9. The summed E-state index contributed by atoms with van der Waals surface area (Å²) in [5, 5.41) is 0.946. The van der Waals surface area contributed by atoms with Gasteiger partial charge in [0.25, 0.3) is 0 Å². The van der Waals surface area contributed by atoms with E-state index in [4.69, 9.17) is 0 Å². The molecule has 82 valence electrons. The van der Waals surface area contributed by atoms with Gasteiger partial charge in [0.15, 0.2) is 5.82 Å². The first-order valence-electron chi connectivity index (χ1n) is 5.25. The molecule has 0 fully saturated rings. The van der Waals surface area contributed by atoms with Crippen molar-refractivity contribution >= 4 is 15.9 Å². The molecule has 0 atom stereocenters. The molecule has 0 amide bonds. The number of halogens is 1. The van der Waals surface area contributed by atoms with Crippen molar-refractivity contribution in [3.8, 4) is 11.4 Å². The van der Waals surface area contributed by atoms with Crippen molar-refractivity contribution in [2.45, 2.75) is 13.3 Å². The molecule has 2 rings (SSSR count). The van der Waals surface area contributed by atoms with Crippen molar-refractivity contribution in [2.75, 3.05) is 5.33 Å². The molecule has 16 heavy (non-hydrogen) atoms. The number of hydrogen-bond acceptors (Lipinski definition) is 2. The fraction of sp³-hybridized carbons (Fsp3) is 0.231. The van der Waals surface area contributed by atoms with Crippen LogP contribution in [0.3, 0.4) is 0 Å². The van der Waals surface area contributed by atoms with Crippen molar-refractivity contribution in [1.29, 1.82) is 0 Å². The second kappa shape index (κ2) is 5.21. The summed E-state index contributed by atoms with van der Waals surface area (Å²) in [5.41, 5.74) is 3.33. The lowest BCUT2D eigenvalue weighted by molar-refractivity contribution is 1.01. The molecule has 1 aromatic heterocycles. The van der Waals surface area contributed by atoms with Crippen LogP contribution in [0, 0.1) is 6.92 Å². The number of hydrogen-bond donors (Lipinski definition) is 0. The molecule has 1 heterocycles. The molecule has 0 aliphatic rings. The van der Waals surface area contributed by atoms with Crippen LogP contribution in [0.2, 0.25) is 0 Å². The Morgan fingerprint density at radius 3 is 2.56 bits per heavy atom. The maximum absolute atomic E-state index is 4.53. The summed E-state index contributed by atoms with van der Waals surface area (Å²) in [6.07, 6.45) is 2.90. The van der Waals surface area contributed by atoms with Crippen LogP contribution < -0.4 is 0 Å². The number of benzene rings is 1. The average molecular weight is 277 g/mol. The standard InChI is InChI=1S/C13H13BrN2/c1-10-12(7-8-14)9-15-13(16-10)11-5-3-2-4-6-11/h2-6,9H,7-8H2,1H3. The lowest BCUT2D eigenvalue weighted by Gasteiger charge is -2.05. The van der Waals surface area contributed by atoms with Crippen LogP contribution >= 0.6 is 15.9 Å². The Hall–Kier alpha value is -1.22. The van der Waals surface area contributed by atoms with E-state index in [-0.39, 0.29) is 0 Å². The van der Waals surface area contributed by atoms with E-state index in [2.05, 4.69) is 25.9 Å². The van der Waals surface area contributed by atoms with Gasteiger partial charge in [0, 0.05) is 22.8 Å². The van der Waals surface area contributed by atoms with Crippen LogP contribution in [0.25, 0.3) is 11.4 Å². The minimum Gasteiger partial charge on any atom is -0.236 e. The van der Waals surface area contributed by atoms with Gasteiger partial charge in [-0.25, -0.2) is 9.97 Å². The first kappa shape index (κ1) is 11.3. The van der Waals surface area contributed by atoms with Crippen LogP contribution in [0.4, 0.5) is 0 Å². The Balaban J connectivity index is 2.35. The van der Waals surface area contributed by atoms with Gasteiger partial charge in [-0.3, -0.25) is 0 Å². The van der Waals surface area contributed by atoms with E-state index in [1.165, 1.54) is 5.56 Å². The normalized spacial score (nSPS) is 10.4. The highest BCUT2D eigenvalue weighted by Crippen LogP contribution is 2.16. The molecule has 0 N–H and O–H groups in total. The van der Waals surface area contributed by atoms with E-state index >= 15 is 0 Å². The largest absolute Gasteiger partial charge is 0.236 e. The van der Waals surface area contributed by atoms with E-state index < -0.39 is 0 Å². The van der Waals surface area contributed by atoms with Crippen molar-refractivity contribution in [1.82, 2.24) is 9.97 Å². The number of nitrogens with zero attached hydrogens (tertiary/aromatic N) is 2. The predicted octanol–water partition coefficient (Wildman–Crippen LogP) is 3.39. The lowest BCUT2D eigenvalue weighted by atomic mass is 10.1. The second-order valence-electron chi connectivity index (χ2n) is 3.61. The molecule has 0 saturated heterocycles.